The van der Waals surface area contributed by atoms with Gasteiger partial charge in [0.2, 0.25) is 5.60 Å². The number of aryl methyl sites for hydroxylation is 1. The van der Waals surface area contributed by atoms with Crippen LogP contribution < -0.4 is 4.74 Å². The summed E-state index contributed by atoms with van der Waals surface area (Å²) in [5, 5.41) is 0. The zero-order chi connectivity index (χ0) is 19.2. The first-order valence-electron chi connectivity index (χ1n) is 9.22. The van der Waals surface area contributed by atoms with E-state index in [9.17, 15) is 9.59 Å². The summed E-state index contributed by atoms with van der Waals surface area (Å²) < 4.78 is 17.5. The Kier molecular flexibility index (Phi) is 7.50. The van der Waals surface area contributed by atoms with Crippen molar-refractivity contribution < 1.29 is 23.8 Å². The maximum Gasteiger partial charge on any atom is 0.350 e. The first-order chi connectivity index (χ1) is 12.4. The molecule has 1 fully saturated rings. The Labute approximate surface area is 163 Å². The van der Waals surface area contributed by atoms with Crippen LogP contribution in [0.3, 0.4) is 0 Å². The van der Waals surface area contributed by atoms with Crippen molar-refractivity contribution in [1.82, 2.24) is 0 Å². The Hall–Kier alpha value is -1.56. The molecule has 0 atom stereocenters. The molecule has 1 aliphatic carbocycles. The fourth-order valence-corrected chi connectivity index (χ4v) is 3.62. The molecule has 26 heavy (non-hydrogen) atoms. The van der Waals surface area contributed by atoms with Crippen LogP contribution in [0.4, 0.5) is 0 Å². The van der Waals surface area contributed by atoms with Gasteiger partial charge in [-0.1, -0.05) is 28.4 Å². The van der Waals surface area contributed by atoms with E-state index in [-0.39, 0.29) is 13.0 Å². The van der Waals surface area contributed by atoms with Crippen molar-refractivity contribution in [2.24, 2.45) is 0 Å². The van der Waals surface area contributed by atoms with Crippen LogP contribution in [0.1, 0.15) is 57.1 Å². The van der Waals surface area contributed by atoms with Gasteiger partial charge in [0.15, 0.2) is 0 Å². The van der Waals surface area contributed by atoms with Crippen LogP contribution in [-0.2, 0) is 25.5 Å². The highest BCUT2D eigenvalue weighted by Gasteiger charge is 2.44. The number of carbonyl (C=O) groups excluding carboxylic acids is 2. The van der Waals surface area contributed by atoms with Crippen LogP contribution in [0.15, 0.2) is 16.6 Å². The Morgan fingerprint density at radius 2 is 1.81 bits per heavy atom. The standard InChI is InChI=1S/C20H27BrO5/c1-4-24-17-13-16(21)14(3)11-15(17)12-18(22)26-20(19(23)25-5-2)9-7-6-8-10-20/h11,13H,4-10,12H2,1-3H3. The van der Waals surface area contributed by atoms with E-state index in [0.29, 0.717) is 25.2 Å². The Bertz CT molecular complexity index is 650. The maximum atomic E-state index is 12.7. The molecule has 2 rings (SSSR count). The third-order valence-corrected chi connectivity index (χ3v) is 5.45. The Balaban J connectivity index is 2.18. The summed E-state index contributed by atoms with van der Waals surface area (Å²) in [6, 6.07) is 3.78. The molecule has 0 amide bonds. The summed E-state index contributed by atoms with van der Waals surface area (Å²) in [5.74, 6) is -0.205. The van der Waals surface area contributed by atoms with E-state index in [0.717, 1.165) is 34.9 Å². The van der Waals surface area contributed by atoms with Gasteiger partial charge in [-0.25, -0.2) is 4.79 Å². The number of rotatable bonds is 7. The van der Waals surface area contributed by atoms with E-state index < -0.39 is 17.5 Å². The van der Waals surface area contributed by atoms with Crippen molar-refractivity contribution in [2.75, 3.05) is 13.2 Å². The molecule has 1 aliphatic rings. The predicted octanol–water partition coefficient (Wildman–Crippen LogP) is 4.51. The third kappa shape index (κ3) is 5.00. The van der Waals surface area contributed by atoms with Gasteiger partial charge in [-0.3, -0.25) is 4.79 Å². The van der Waals surface area contributed by atoms with Crippen molar-refractivity contribution in [1.29, 1.82) is 0 Å². The lowest BCUT2D eigenvalue weighted by Crippen LogP contribution is -2.46. The largest absolute Gasteiger partial charge is 0.494 e. The monoisotopic (exact) mass is 426 g/mol. The van der Waals surface area contributed by atoms with Gasteiger partial charge in [-0.2, -0.15) is 0 Å². The maximum absolute atomic E-state index is 12.7. The number of esters is 2. The molecule has 0 aromatic heterocycles. The number of hydrogen-bond donors (Lipinski definition) is 0. The van der Waals surface area contributed by atoms with E-state index >= 15 is 0 Å². The Morgan fingerprint density at radius 3 is 2.42 bits per heavy atom. The van der Waals surface area contributed by atoms with Crippen LogP contribution in [0.2, 0.25) is 0 Å². The lowest BCUT2D eigenvalue weighted by Gasteiger charge is -2.34. The predicted molar refractivity (Wildman–Crippen MR) is 102 cm³/mol. The lowest BCUT2D eigenvalue weighted by molar-refractivity contribution is -0.186. The van der Waals surface area contributed by atoms with Gasteiger partial charge in [-0.05, 0) is 58.1 Å². The zero-order valence-corrected chi connectivity index (χ0v) is 17.3. The lowest BCUT2D eigenvalue weighted by atomic mass is 9.84. The topological polar surface area (TPSA) is 61.8 Å². The normalized spacial score (nSPS) is 16.0. The summed E-state index contributed by atoms with van der Waals surface area (Å²) in [6.45, 7) is 6.39. The molecule has 0 bridgehead atoms. The fraction of sp³-hybridized carbons (Fsp3) is 0.600. The average Bonchev–Trinajstić information content (AvgIpc) is 2.60. The molecule has 6 heteroatoms. The summed E-state index contributed by atoms with van der Waals surface area (Å²) >= 11 is 3.48. The van der Waals surface area contributed by atoms with Gasteiger partial charge in [0, 0.05) is 10.0 Å². The molecule has 1 saturated carbocycles. The molecule has 0 radical (unpaired) electrons. The van der Waals surface area contributed by atoms with E-state index in [1.807, 2.05) is 26.0 Å². The van der Waals surface area contributed by atoms with E-state index in [2.05, 4.69) is 15.9 Å². The summed E-state index contributed by atoms with van der Waals surface area (Å²) in [6.07, 6.45) is 3.86. The molecule has 0 heterocycles. The van der Waals surface area contributed by atoms with Crippen molar-refractivity contribution in [2.45, 2.75) is 64.9 Å². The SMILES string of the molecule is CCOC(=O)C1(OC(=O)Cc2cc(C)c(Br)cc2OCC)CCCCC1. The van der Waals surface area contributed by atoms with Gasteiger partial charge in [0.25, 0.3) is 0 Å². The molecule has 0 aliphatic heterocycles. The minimum absolute atomic E-state index is 0.0601. The fourth-order valence-electron chi connectivity index (χ4n) is 3.29. The third-order valence-electron chi connectivity index (χ3n) is 4.59. The van der Waals surface area contributed by atoms with E-state index in [1.165, 1.54) is 0 Å². The number of carbonyl (C=O) groups is 2. The van der Waals surface area contributed by atoms with Crippen molar-refractivity contribution in [3.63, 3.8) is 0 Å². The Morgan fingerprint density at radius 1 is 1.12 bits per heavy atom. The summed E-state index contributed by atoms with van der Waals surface area (Å²) in [7, 11) is 0. The van der Waals surface area contributed by atoms with Crippen LogP contribution in [0.5, 0.6) is 5.75 Å². The van der Waals surface area contributed by atoms with Crippen LogP contribution in [0.25, 0.3) is 0 Å². The van der Waals surface area contributed by atoms with E-state index in [1.54, 1.807) is 6.92 Å². The van der Waals surface area contributed by atoms with Crippen LogP contribution in [0, 0.1) is 6.92 Å². The molecular weight excluding hydrogens is 400 g/mol. The molecule has 0 N–H and O–H groups in total. The molecule has 0 unspecified atom stereocenters. The second-order valence-corrected chi connectivity index (χ2v) is 7.42. The molecule has 0 saturated heterocycles. The second kappa shape index (κ2) is 9.40. The molecule has 0 spiro atoms. The van der Waals surface area contributed by atoms with Gasteiger partial charge in [-0.15, -0.1) is 0 Å². The smallest absolute Gasteiger partial charge is 0.350 e. The first-order valence-corrected chi connectivity index (χ1v) is 10.0. The number of ether oxygens (including phenoxy) is 3. The molecular formula is C20H27BrO5. The molecule has 5 nitrogen and oxygen atoms in total. The van der Waals surface area contributed by atoms with Gasteiger partial charge >= 0.3 is 11.9 Å². The highest BCUT2D eigenvalue weighted by Crippen LogP contribution is 2.34. The van der Waals surface area contributed by atoms with E-state index in [4.69, 9.17) is 14.2 Å². The van der Waals surface area contributed by atoms with Crippen molar-refractivity contribution >= 4 is 27.9 Å². The van der Waals surface area contributed by atoms with Crippen molar-refractivity contribution in [3.05, 3.63) is 27.7 Å². The molecule has 1 aromatic carbocycles. The van der Waals surface area contributed by atoms with Crippen molar-refractivity contribution in [3.8, 4) is 5.75 Å². The van der Waals surface area contributed by atoms with Gasteiger partial charge in [0.05, 0.1) is 19.6 Å². The number of benzene rings is 1. The van der Waals surface area contributed by atoms with Crippen LogP contribution >= 0.6 is 15.9 Å². The zero-order valence-electron chi connectivity index (χ0n) is 15.7. The molecule has 1 aromatic rings. The highest BCUT2D eigenvalue weighted by atomic mass is 79.9. The summed E-state index contributed by atoms with van der Waals surface area (Å²) in [4.78, 5) is 25.1. The average molecular weight is 427 g/mol. The minimum Gasteiger partial charge on any atom is -0.494 e. The second-order valence-electron chi connectivity index (χ2n) is 6.57. The molecule has 144 valence electrons. The summed E-state index contributed by atoms with van der Waals surface area (Å²) in [5.41, 5.74) is 0.628. The minimum atomic E-state index is -1.14. The first kappa shape index (κ1) is 20.7. The number of halogens is 1. The quantitative estimate of drug-likeness (QED) is 0.600. The van der Waals surface area contributed by atoms with Crippen LogP contribution in [-0.4, -0.2) is 30.8 Å². The number of hydrogen-bond acceptors (Lipinski definition) is 5. The van der Waals surface area contributed by atoms with Gasteiger partial charge < -0.3 is 14.2 Å². The van der Waals surface area contributed by atoms with Gasteiger partial charge in [0.1, 0.15) is 5.75 Å². The highest BCUT2D eigenvalue weighted by molar-refractivity contribution is 9.10.